The Morgan fingerprint density at radius 3 is 2.14 bits per heavy atom. The molecule has 14 heavy (non-hydrogen) atoms. The van der Waals surface area contributed by atoms with Gasteiger partial charge in [-0.15, -0.1) is 0 Å². The third kappa shape index (κ3) is 1.75. The molecule has 0 heterocycles. The standard InChI is InChI=1S/C12H17NO/c13-12(8-2-1-3-9-12)10-4-6-11(14)7-5-10/h4-7,14H,1-3,8-9,13H2. The van der Waals surface area contributed by atoms with Gasteiger partial charge >= 0.3 is 0 Å². The summed E-state index contributed by atoms with van der Waals surface area (Å²) >= 11 is 0. The van der Waals surface area contributed by atoms with E-state index in [9.17, 15) is 5.11 Å². The van der Waals surface area contributed by atoms with Crippen LogP contribution in [-0.2, 0) is 5.54 Å². The van der Waals surface area contributed by atoms with Gasteiger partial charge in [0.2, 0.25) is 0 Å². The average molecular weight is 191 g/mol. The number of hydrogen-bond acceptors (Lipinski definition) is 2. The first-order valence-electron chi connectivity index (χ1n) is 5.29. The Bertz CT molecular complexity index is 299. The lowest BCUT2D eigenvalue weighted by molar-refractivity contribution is 0.302. The van der Waals surface area contributed by atoms with Gasteiger partial charge in [0.25, 0.3) is 0 Å². The number of nitrogens with two attached hydrogens (primary N) is 1. The van der Waals surface area contributed by atoms with Crippen LogP contribution in [0.3, 0.4) is 0 Å². The van der Waals surface area contributed by atoms with Crippen LogP contribution in [0.1, 0.15) is 37.7 Å². The Labute approximate surface area is 84.7 Å². The van der Waals surface area contributed by atoms with Gasteiger partial charge in [-0.05, 0) is 30.5 Å². The molecular formula is C12H17NO. The van der Waals surface area contributed by atoms with Crippen molar-refractivity contribution in [1.29, 1.82) is 0 Å². The molecule has 2 heteroatoms. The second kappa shape index (κ2) is 3.62. The third-order valence-electron chi connectivity index (χ3n) is 3.19. The van der Waals surface area contributed by atoms with Gasteiger partial charge in [-0.3, -0.25) is 0 Å². The highest BCUT2D eigenvalue weighted by atomic mass is 16.3. The molecule has 1 aliphatic carbocycles. The van der Waals surface area contributed by atoms with E-state index < -0.39 is 0 Å². The highest BCUT2D eigenvalue weighted by Crippen LogP contribution is 2.35. The van der Waals surface area contributed by atoms with Crippen LogP contribution in [-0.4, -0.2) is 5.11 Å². The van der Waals surface area contributed by atoms with Crippen molar-refractivity contribution in [2.24, 2.45) is 5.73 Å². The molecule has 0 atom stereocenters. The van der Waals surface area contributed by atoms with E-state index in [4.69, 9.17) is 5.73 Å². The number of hydrogen-bond donors (Lipinski definition) is 2. The molecule has 1 aliphatic rings. The minimum absolute atomic E-state index is 0.147. The molecule has 0 saturated heterocycles. The maximum Gasteiger partial charge on any atom is 0.115 e. The molecule has 0 aromatic heterocycles. The molecule has 0 aliphatic heterocycles. The van der Waals surface area contributed by atoms with Crippen LogP contribution in [0.15, 0.2) is 24.3 Å². The first kappa shape index (κ1) is 9.53. The van der Waals surface area contributed by atoms with E-state index in [2.05, 4.69) is 0 Å². The summed E-state index contributed by atoms with van der Waals surface area (Å²) in [6.45, 7) is 0. The molecule has 1 saturated carbocycles. The number of phenols is 1. The Morgan fingerprint density at radius 1 is 1.00 bits per heavy atom. The number of phenolic OH excluding ortho intramolecular Hbond substituents is 1. The van der Waals surface area contributed by atoms with Gasteiger partial charge in [-0.2, -0.15) is 0 Å². The van der Waals surface area contributed by atoms with E-state index in [1.165, 1.54) is 19.3 Å². The number of aromatic hydroxyl groups is 1. The van der Waals surface area contributed by atoms with Crippen molar-refractivity contribution in [2.75, 3.05) is 0 Å². The fraction of sp³-hybridized carbons (Fsp3) is 0.500. The van der Waals surface area contributed by atoms with Crippen LogP contribution in [0.5, 0.6) is 5.75 Å². The maximum absolute atomic E-state index is 9.20. The van der Waals surface area contributed by atoms with E-state index in [0.717, 1.165) is 18.4 Å². The molecule has 1 fully saturated rings. The minimum atomic E-state index is -0.147. The Balaban J connectivity index is 2.23. The summed E-state index contributed by atoms with van der Waals surface area (Å²) in [5.41, 5.74) is 7.36. The Morgan fingerprint density at radius 2 is 1.57 bits per heavy atom. The number of benzene rings is 1. The summed E-state index contributed by atoms with van der Waals surface area (Å²) in [7, 11) is 0. The largest absolute Gasteiger partial charge is 0.508 e. The molecule has 0 bridgehead atoms. The van der Waals surface area contributed by atoms with Gasteiger partial charge in [-0.25, -0.2) is 0 Å². The summed E-state index contributed by atoms with van der Waals surface area (Å²) in [6, 6.07) is 7.33. The van der Waals surface area contributed by atoms with Crippen molar-refractivity contribution in [3.63, 3.8) is 0 Å². The quantitative estimate of drug-likeness (QED) is 0.716. The molecule has 0 amide bonds. The van der Waals surface area contributed by atoms with Crippen LogP contribution < -0.4 is 5.73 Å². The van der Waals surface area contributed by atoms with Crippen molar-refractivity contribution in [1.82, 2.24) is 0 Å². The molecule has 0 radical (unpaired) electrons. The molecule has 0 unspecified atom stereocenters. The Hall–Kier alpha value is -1.02. The van der Waals surface area contributed by atoms with Crippen molar-refractivity contribution < 1.29 is 5.11 Å². The first-order valence-corrected chi connectivity index (χ1v) is 5.29. The first-order chi connectivity index (χ1) is 6.71. The average Bonchev–Trinajstić information content (AvgIpc) is 2.19. The van der Waals surface area contributed by atoms with Gasteiger partial charge in [0.1, 0.15) is 5.75 Å². The van der Waals surface area contributed by atoms with Crippen LogP contribution in [0.2, 0.25) is 0 Å². The normalized spacial score (nSPS) is 20.6. The maximum atomic E-state index is 9.20. The summed E-state index contributed by atoms with van der Waals surface area (Å²) in [6.07, 6.45) is 5.88. The van der Waals surface area contributed by atoms with Crippen LogP contribution in [0.25, 0.3) is 0 Å². The second-order valence-corrected chi connectivity index (χ2v) is 4.26. The van der Waals surface area contributed by atoms with Crippen LogP contribution >= 0.6 is 0 Å². The zero-order valence-electron chi connectivity index (χ0n) is 8.37. The predicted octanol–water partition coefficient (Wildman–Crippen LogP) is 2.51. The van der Waals surface area contributed by atoms with Gasteiger partial charge in [0.15, 0.2) is 0 Å². The SMILES string of the molecule is NC1(c2ccc(O)cc2)CCCCC1. The lowest BCUT2D eigenvalue weighted by atomic mass is 9.77. The van der Waals surface area contributed by atoms with E-state index in [-0.39, 0.29) is 5.54 Å². The number of rotatable bonds is 1. The van der Waals surface area contributed by atoms with Gasteiger partial charge in [0.05, 0.1) is 0 Å². The fourth-order valence-corrected chi connectivity index (χ4v) is 2.26. The zero-order valence-corrected chi connectivity index (χ0v) is 8.37. The minimum Gasteiger partial charge on any atom is -0.508 e. The van der Waals surface area contributed by atoms with Crippen molar-refractivity contribution in [3.05, 3.63) is 29.8 Å². The molecule has 0 spiro atoms. The van der Waals surface area contributed by atoms with Gasteiger partial charge in [0, 0.05) is 5.54 Å². The molecule has 1 aromatic rings. The van der Waals surface area contributed by atoms with E-state index in [1.807, 2.05) is 12.1 Å². The highest BCUT2D eigenvalue weighted by molar-refractivity contribution is 5.31. The van der Waals surface area contributed by atoms with Crippen molar-refractivity contribution in [3.8, 4) is 5.75 Å². The molecule has 2 rings (SSSR count). The zero-order chi connectivity index (χ0) is 10.0. The van der Waals surface area contributed by atoms with Crippen molar-refractivity contribution in [2.45, 2.75) is 37.6 Å². The summed E-state index contributed by atoms with van der Waals surface area (Å²) in [5.74, 6) is 0.313. The summed E-state index contributed by atoms with van der Waals surface area (Å²) in [4.78, 5) is 0. The highest BCUT2D eigenvalue weighted by Gasteiger charge is 2.28. The molecule has 1 aromatic carbocycles. The van der Waals surface area contributed by atoms with Crippen LogP contribution in [0, 0.1) is 0 Å². The monoisotopic (exact) mass is 191 g/mol. The predicted molar refractivity (Wildman–Crippen MR) is 57.1 cm³/mol. The fourth-order valence-electron chi connectivity index (χ4n) is 2.26. The topological polar surface area (TPSA) is 46.2 Å². The second-order valence-electron chi connectivity index (χ2n) is 4.26. The van der Waals surface area contributed by atoms with E-state index >= 15 is 0 Å². The summed E-state index contributed by atoms with van der Waals surface area (Å²) < 4.78 is 0. The van der Waals surface area contributed by atoms with Crippen LogP contribution in [0.4, 0.5) is 0 Å². The molecule has 3 N–H and O–H groups in total. The lowest BCUT2D eigenvalue weighted by Gasteiger charge is -2.33. The van der Waals surface area contributed by atoms with E-state index in [1.54, 1.807) is 12.1 Å². The summed E-state index contributed by atoms with van der Waals surface area (Å²) in [5, 5.41) is 9.20. The Kier molecular flexibility index (Phi) is 2.46. The van der Waals surface area contributed by atoms with E-state index in [0.29, 0.717) is 5.75 Å². The molecule has 76 valence electrons. The lowest BCUT2D eigenvalue weighted by Crippen LogP contribution is -2.38. The van der Waals surface area contributed by atoms with Gasteiger partial charge < -0.3 is 10.8 Å². The third-order valence-corrected chi connectivity index (χ3v) is 3.19. The van der Waals surface area contributed by atoms with Crippen molar-refractivity contribution >= 4 is 0 Å². The molecule has 2 nitrogen and oxygen atoms in total. The smallest absolute Gasteiger partial charge is 0.115 e. The molecular weight excluding hydrogens is 174 g/mol. The van der Waals surface area contributed by atoms with Gasteiger partial charge in [-0.1, -0.05) is 31.4 Å².